The molecule has 0 aliphatic rings. The zero-order valence-electron chi connectivity index (χ0n) is 16.4. The number of ether oxygens (including phenoxy) is 1. The van der Waals surface area contributed by atoms with E-state index in [9.17, 15) is 8.60 Å². The highest BCUT2D eigenvalue weighted by Gasteiger charge is 2.12. The maximum atomic E-state index is 13.7. The molecule has 7 heteroatoms. The van der Waals surface area contributed by atoms with Gasteiger partial charge in [0.2, 0.25) is 0 Å². The Kier molecular flexibility index (Phi) is 9.48. The van der Waals surface area contributed by atoms with Gasteiger partial charge in [0.15, 0.2) is 17.5 Å². The summed E-state index contributed by atoms with van der Waals surface area (Å²) in [4.78, 5) is 4.17. The molecule has 2 unspecified atom stereocenters. The van der Waals surface area contributed by atoms with E-state index in [-0.39, 0.29) is 17.7 Å². The molecule has 0 saturated heterocycles. The van der Waals surface area contributed by atoms with Crippen LogP contribution >= 0.6 is 0 Å². The van der Waals surface area contributed by atoms with Crippen molar-refractivity contribution in [3.63, 3.8) is 0 Å². The van der Waals surface area contributed by atoms with Gasteiger partial charge in [-0.3, -0.25) is 9.20 Å². The molecule has 0 amide bonds. The first kappa shape index (κ1) is 21.9. The van der Waals surface area contributed by atoms with Gasteiger partial charge >= 0.3 is 0 Å². The van der Waals surface area contributed by atoms with Gasteiger partial charge in [-0.25, -0.2) is 4.39 Å². The third kappa shape index (κ3) is 7.68. The summed E-state index contributed by atoms with van der Waals surface area (Å²) >= 11 is 0. The summed E-state index contributed by atoms with van der Waals surface area (Å²) in [5.41, 5.74) is 1.07. The Hall–Kier alpha value is -2.41. The molecule has 2 rings (SSSR count). The SMILES string of the molecule is CCC(CNC(=NC)NCCS(=O)Cc1ccccc1)Oc1ccccc1F. The fourth-order valence-corrected chi connectivity index (χ4v) is 3.57. The van der Waals surface area contributed by atoms with Crippen LogP contribution in [0.25, 0.3) is 0 Å². The van der Waals surface area contributed by atoms with Crippen molar-refractivity contribution < 1.29 is 13.3 Å². The van der Waals surface area contributed by atoms with Gasteiger partial charge in [0.25, 0.3) is 0 Å². The molecule has 5 nitrogen and oxygen atoms in total. The van der Waals surface area contributed by atoms with Gasteiger partial charge in [0.05, 0.1) is 6.54 Å². The van der Waals surface area contributed by atoms with E-state index in [1.807, 2.05) is 37.3 Å². The van der Waals surface area contributed by atoms with Gasteiger partial charge in [0.1, 0.15) is 6.10 Å². The maximum absolute atomic E-state index is 13.7. The predicted molar refractivity (Wildman–Crippen MR) is 114 cm³/mol. The van der Waals surface area contributed by atoms with Gasteiger partial charge in [-0.2, -0.15) is 0 Å². The first-order valence-corrected chi connectivity index (χ1v) is 10.9. The molecule has 0 aliphatic heterocycles. The molecule has 2 aromatic rings. The number of rotatable bonds is 10. The summed E-state index contributed by atoms with van der Waals surface area (Å²) < 4.78 is 31.7. The van der Waals surface area contributed by atoms with Crippen LogP contribution in [0.1, 0.15) is 18.9 Å². The molecule has 0 aliphatic carbocycles. The van der Waals surface area contributed by atoms with Crippen LogP contribution in [0.4, 0.5) is 4.39 Å². The Bertz CT molecular complexity index is 771. The van der Waals surface area contributed by atoms with Crippen LogP contribution < -0.4 is 15.4 Å². The van der Waals surface area contributed by atoms with Crippen molar-refractivity contribution in [1.82, 2.24) is 10.6 Å². The van der Waals surface area contributed by atoms with Crippen LogP contribution in [0.5, 0.6) is 5.75 Å². The Labute approximate surface area is 168 Å². The lowest BCUT2D eigenvalue weighted by molar-refractivity contribution is 0.191. The van der Waals surface area contributed by atoms with E-state index in [1.54, 1.807) is 25.2 Å². The molecule has 0 spiro atoms. The number of guanidine groups is 1. The number of hydrogen-bond donors (Lipinski definition) is 2. The second kappa shape index (κ2) is 12.1. The van der Waals surface area contributed by atoms with Crippen molar-refractivity contribution in [2.75, 3.05) is 25.9 Å². The highest BCUT2D eigenvalue weighted by atomic mass is 32.2. The van der Waals surface area contributed by atoms with Crippen LogP contribution in [0.2, 0.25) is 0 Å². The second-order valence-corrected chi connectivity index (χ2v) is 7.81. The van der Waals surface area contributed by atoms with Crippen molar-refractivity contribution >= 4 is 16.8 Å². The summed E-state index contributed by atoms with van der Waals surface area (Å²) in [7, 11) is 0.731. The summed E-state index contributed by atoms with van der Waals surface area (Å²) in [6.07, 6.45) is 0.530. The van der Waals surface area contributed by atoms with E-state index in [0.29, 0.717) is 30.6 Å². The van der Waals surface area contributed by atoms with E-state index >= 15 is 0 Å². The van der Waals surface area contributed by atoms with Crippen LogP contribution in [0.15, 0.2) is 59.6 Å². The molecule has 28 heavy (non-hydrogen) atoms. The Balaban J connectivity index is 1.72. The number of benzene rings is 2. The van der Waals surface area contributed by atoms with E-state index < -0.39 is 10.8 Å². The minimum absolute atomic E-state index is 0.192. The molecule has 152 valence electrons. The van der Waals surface area contributed by atoms with E-state index in [1.165, 1.54) is 6.07 Å². The molecule has 0 radical (unpaired) electrons. The van der Waals surface area contributed by atoms with Crippen molar-refractivity contribution in [3.8, 4) is 5.75 Å². The summed E-state index contributed by atoms with van der Waals surface area (Å²) in [5, 5.41) is 6.33. The molecule has 2 atom stereocenters. The number of halogens is 1. The number of nitrogens with zero attached hydrogens (tertiary/aromatic N) is 1. The average molecular weight is 406 g/mol. The first-order valence-electron chi connectivity index (χ1n) is 9.37. The van der Waals surface area contributed by atoms with Crippen molar-refractivity contribution in [1.29, 1.82) is 0 Å². The third-order valence-electron chi connectivity index (χ3n) is 4.10. The van der Waals surface area contributed by atoms with Gasteiger partial charge in [0, 0.05) is 35.9 Å². The molecule has 2 aromatic carbocycles. The molecule has 0 heterocycles. The molecule has 0 saturated carbocycles. The third-order valence-corrected chi connectivity index (χ3v) is 5.41. The van der Waals surface area contributed by atoms with Crippen LogP contribution in [-0.4, -0.2) is 42.2 Å². The predicted octanol–water partition coefficient (Wildman–Crippen LogP) is 3.10. The molecular formula is C21H28FN3O2S. The lowest BCUT2D eigenvalue weighted by atomic mass is 10.2. The van der Waals surface area contributed by atoms with E-state index in [0.717, 1.165) is 12.0 Å². The van der Waals surface area contributed by atoms with Gasteiger partial charge in [-0.1, -0.05) is 49.4 Å². The summed E-state index contributed by atoms with van der Waals surface area (Å²) in [6.45, 7) is 3.01. The standard InChI is InChI=1S/C21H28FN3O2S/c1-3-18(27-20-12-8-7-11-19(20)22)15-25-21(23-2)24-13-14-28(26)16-17-9-5-4-6-10-17/h4-12,18H,3,13-16H2,1-2H3,(H2,23,24,25). The van der Waals surface area contributed by atoms with Crippen molar-refractivity contribution in [2.24, 2.45) is 4.99 Å². The van der Waals surface area contributed by atoms with Gasteiger partial charge < -0.3 is 15.4 Å². The second-order valence-electron chi connectivity index (χ2n) is 6.23. The molecule has 0 aromatic heterocycles. The molecule has 2 N–H and O–H groups in total. The Morgan fingerprint density at radius 2 is 1.86 bits per heavy atom. The largest absolute Gasteiger partial charge is 0.486 e. The maximum Gasteiger partial charge on any atom is 0.191 e. The topological polar surface area (TPSA) is 62.7 Å². The number of hydrogen-bond acceptors (Lipinski definition) is 3. The van der Waals surface area contributed by atoms with Gasteiger partial charge in [-0.05, 0) is 24.1 Å². The molecular weight excluding hydrogens is 377 g/mol. The monoisotopic (exact) mass is 405 g/mol. The lowest BCUT2D eigenvalue weighted by Gasteiger charge is -2.20. The highest BCUT2D eigenvalue weighted by molar-refractivity contribution is 7.84. The number of nitrogens with one attached hydrogen (secondary N) is 2. The smallest absolute Gasteiger partial charge is 0.191 e. The first-order chi connectivity index (χ1) is 13.6. The van der Waals surface area contributed by atoms with Crippen molar-refractivity contribution in [3.05, 3.63) is 66.0 Å². The highest BCUT2D eigenvalue weighted by Crippen LogP contribution is 2.17. The van der Waals surface area contributed by atoms with Crippen LogP contribution in [-0.2, 0) is 16.6 Å². The van der Waals surface area contributed by atoms with Crippen molar-refractivity contribution in [2.45, 2.75) is 25.2 Å². The van der Waals surface area contributed by atoms with Crippen LogP contribution in [0.3, 0.4) is 0 Å². The fourth-order valence-electron chi connectivity index (χ4n) is 2.54. The Morgan fingerprint density at radius 1 is 1.14 bits per heavy atom. The Morgan fingerprint density at radius 3 is 2.54 bits per heavy atom. The molecule has 0 bridgehead atoms. The van der Waals surface area contributed by atoms with Crippen LogP contribution in [0, 0.1) is 5.82 Å². The average Bonchev–Trinajstić information content (AvgIpc) is 2.71. The zero-order chi connectivity index (χ0) is 20.2. The zero-order valence-corrected chi connectivity index (χ0v) is 17.2. The normalized spacial score (nSPS) is 13.6. The summed E-state index contributed by atoms with van der Waals surface area (Å²) in [6, 6.07) is 16.2. The van der Waals surface area contributed by atoms with Gasteiger partial charge in [-0.15, -0.1) is 0 Å². The minimum Gasteiger partial charge on any atom is -0.486 e. The quantitative estimate of drug-likeness (QED) is 0.471. The van der Waals surface area contributed by atoms with E-state index in [2.05, 4.69) is 15.6 Å². The van der Waals surface area contributed by atoms with E-state index in [4.69, 9.17) is 4.74 Å². The number of aliphatic imine (C=N–C) groups is 1. The minimum atomic E-state index is -0.945. The summed E-state index contributed by atoms with van der Waals surface area (Å²) in [5.74, 6) is 1.55. The lowest BCUT2D eigenvalue weighted by Crippen LogP contribution is -2.43. The fraction of sp³-hybridized carbons (Fsp3) is 0.381. The molecule has 0 fully saturated rings. The number of para-hydroxylation sites is 1.